The van der Waals surface area contributed by atoms with Crippen molar-refractivity contribution in [2.24, 2.45) is 0 Å². The number of nitrogens with zero attached hydrogens (tertiary/aromatic N) is 2. The molecule has 2 aliphatic rings. The zero-order valence-electron chi connectivity index (χ0n) is 10.5. The predicted molar refractivity (Wildman–Crippen MR) is 60.5 cm³/mol. The standard InChI is InChI=1S/C12H12N2O4/c1-5-6(2)10(16)13(9(5)15)14-11(17)7(3)8(4)12(14)18/h1-4H3. The molecule has 0 saturated heterocycles. The molecule has 0 aromatic carbocycles. The summed E-state index contributed by atoms with van der Waals surface area (Å²) in [5, 5.41) is 1.24. The molecule has 0 saturated carbocycles. The average molecular weight is 248 g/mol. The lowest BCUT2D eigenvalue weighted by atomic mass is 10.2. The summed E-state index contributed by atoms with van der Waals surface area (Å²) >= 11 is 0. The Balaban J connectivity index is 2.44. The van der Waals surface area contributed by atoms with Gasteiger partial charge in [0.1, 0.15) is 0 Å². The van der Waals surface area contributed by atoms with E-state index < -0.39 is 23.6 Å². The second-order valence-electron chi connectivity index (χ2n) is 4.34. The molecule has 0 atom stereocenters. The maximum atomic E-state index is 11.9. The maximum absolute atomic E-state index is 11.9. The molecule has 0 fully saturated rings. The van der Waals surface area contributed by atoms with Crippen molar-refractivity contribution in [1.29, 1.82) is 0 Å². The fourth-order valence-corrected chi connectivity index (χ4v) is 1.82. The molecule has 0 aliphatic carbocycles. The van der Waals surface area contributed by atoms with Crippen LogP contribution >= 0.6 is 0 Å². The molecule has 18 heavy (non-hydrogen) atoms. The van der Waals surface area contributed by atoms with E-state index >= 15 is 0 Å². The highest BCUT2D eigenvalue weighted by Crippen LogP contribution is 2.28. The first-order valence-corrected chi connectivity index (χ1v) is 5.41. The highest BCUT2D eigenvalue weighted by molar-refractivity contribution is 6.25. The van der Waals surface area contributed by atoms with Gasteiger partial charge in [0.15, 0.2) is 0 Å². The summed E-state index contributed by atoms with van der Waals surface area (Å²) in [4.78, 5) is 47.6. The van der Waals surface area contributed by atoms with E-state index in [1.807, 2.05) is 0 Å². The van der Waals surface area contributed by atoms with Crippen LogP contribution in [0.25, 0.3) is 0 Å². The number of hydrogen-bond acceptors (Lipinski definition) is 4. The van der Waals surface area contributed by atoms with Gasteiger partial charge in [0, 0.05) is 22.3 Å². The summed E-state index contributed by atoms with van der Waals surface area (Å²) < 4.78 is 0. The lowest BCUT2D eigenvalue weighted by molar-refractivity contribution is -0.170. The van der Waals surface area contributed by atoms with Gasteiger partial charge in [-0.15, -0.1) is 0 Å². The fourth-order valence-electron chi connectivity index (χ4n) is 1.82. The van der Waals surface area contributed by atoms with Gasteiger partial charge in [0.25, 0.3) is 23.6 Å². The maximum Gasteiger partial charge on any atom is 0.276 e. The number of amides is 4. The molecule has 0 bridgehead atoms. The molecule has 0 aromatic heterocycles. The van der Waals surface area contributed by atoms with Gasteiger partial charge in [-0.05, 0) is 27.7 Å². The van der Waals surface area contributed by atoms with E-state index in [9.17, 15) is 19.2 Å². The van der Waals surface area contributed by atoms with Crippen LogP contribution < -0.4 is 0 Å². The van der Waals surface area contributed by atoms with E-state index in [4.69, 9.17) is 0 Å². The van der Waals surface area contributed by atoms with Gasteiger partial charge in [-0.2, -0.15) is 10.0 Å². The van der Waals surface area contributed by atoms with E-state index in [0.29, 0.717) is 10.0 Å². The molecule has 0 N–H and O–H groups in total. The SMILES string of the molecule is CC1=C(C)C(=O)N(N2C(=O)C(C)=C(C)C2=O)C1=O. The molecule has 94 valence electrons. The third-order valence-electron chi connectivity index (χ3n) is 3.38. The van der Waals surface area contributed by atoms with Crippen LogP contribution in [0.5, 0.6) is 0 Å². The van der Waals surface area contributed by atoms with Crippen molar-refractivity contribution in [3.05, 3.63) is 22.3 Å². The van der Waals surface area contributed by atoms with Crippen LogP contribution in [0.15, 0.2) is 22.3 Å². The summed E-state index contributed by atoms with van der Waals surface area (Å²) in [5.74, 6) is -2.49. The fraction of sp³-hybridized carbons (Fsp3) is 0.333. The Labute approximate surface area is 103 Å². The van der Waals surface area contributed by atoms with E-state index in [0.717, 1.165) is 0 Å². The molecule has 2 heterocycles. The van der Waals surface area contributed by atoms with Crippen LogP contribution in [0.2, 0.25) is 0 Å². The van der Waals surface area contributed by atoms with Crippen molar-refractivity contribution < 1.29 is 19.2 Å². The summed E-state index contributed by atoms with van der Waals surface area (Å²) in [6.07, 6.45) is 0. The van der Waals surface area contributed by atoms with Gasteiger partial charge in [0.05, 0.1) is 0 Å². The first-order chi connectivity index (χ1) is 8.29. The molecule has 0 spiro atoms. The van der Waals surface area contributed by atoms with Crippen molar-refractivity contribution >= 4 is 23.6 Å². The second-order valence-corrected chi connectivity index (χ2v) is 4.34. The number of hydrogen-bond donors (Lipinski definition) is 0. The average Bonchev–Trinajstić information content (AvgIpc) is 2.64. The molecular weight excluding hydrogens is 236 g/mol. The van der Waals surface area contributed by atoms with Crippen molar-refractivity contribution in [1.82, 2.24) is 10.0 Å². The first-order valence-electron chi connectivity index (χ1n) is 5.41. The minimum Gasteiger partial charge on any atom is -0.267 e. The summed E-state index contributed by atoms with van der Waals surface area (Å²) in [7, 11) is 0. The third kappa shape index (κ3) is 1.28. The Kier molecular flexibility index (Phi) is 2.46. The van der Waals surface area contributed by atoms with Crippen LogP contribution in [-0.2, 0) is 19.2 Å². The Bertz CT molecular complexity index is 483. The normalized spacial score (nSPS) is 21.1. The first kappa shape index (κ1) is 12.2. The zero-order valence-corrected chi connectivity index (χ0v) is 10.5. The van der Waals surface area contributed by atoms with Crippen LogP contribution in [0.1, 0.15) is 27.7 Å². The smallest absolute Gasteiger partial charge is 0.267 e. The van der Waals surface area contributed by atoms with Crippen molar-refractivity contribution in [2.45, 2.75) is 27.7 Å². The van der Waals surface area contributed by atoms with Gasteiger partial charge in [-0.3, -0.25) is 19.2 Å². The Morgan fingerprint density at radius 3 is 0.833 bits per heavy atom. The summed E-state index contributed by atoms with van der Waals surface area (Å²) in [6, 6.07) is 0. The molecule has 6 heteroatoms. The van der Waals surface area contributed by atoms with Gasteiger partial charge in [-0.25, -0.2) is 0 Å². The topological polar surface area (TPSA) is 74.8 Å². The molecule has 0 radical (unpaired) electrons. The van der Waals surface area contributed by atoms with Gasteiger partial charge in [-0.1, -0.05) is 0 Å². The molecular formula is C12H12N2O4. The summed E-state index contributed by atoms with van der Waals surface area (Å²) in [6.45, 7) is 5.98. The van der Waals surface area contributed by atoms with E-state index in [1.54, 1.807) is 0 Å². The van der Waals surface area contributed by atoms with E-state index in [-0.39, 0.29) is 22.3 Å². The van der Waals surface area contributed by atoms with Crippen LogP contribution in [0.4, 0.5) is 0 Å². The minimum absolute atomic E-state index is 0.253. The third-order valence-corrected chi connectivity index (χ3v) is 3.38. The number of carbonyl (C=O) groups is 4. The number of carbonyl (C=O) groups excluding carboxylic acids is 4. The predicted octanol–water partition coefficient (Wildman–Crippen LogP) is 0.312. The lowest BCUT2D eigenvalue weighted by Crippen LogP contribution is -2.51. The van der Waals surface area contributed by atoms with Crippen LogP contribution in [0.3, 0.4) is 0 Å². The lowest BCUT2D eigenvalue weighted by Gasteiger charge is -2.24. The number of imide groups is 2. The summed E-state index contributed by atoms with van der Waals surface area (Å²) in [5.41, 5.74) is 1.01. The molecule has 2 aliphatic heterocycles. The highest BCUT2D eigenvalue weighted by Gasteiger charge is 2.46. The van der Waals surface area contributed by atoms with Gasteiger partial charge in [0.2, 0.25) is 0 Å². The second kappa shape index (κ2) is 3.63. The van der Waals surface area contributed by atoms with Crippen molar-refractivity contribution in [3.8, 4) is 0 Å². The zero-order chi connectivity index (χ0) is 13.8. The van der Waals surface area contributed by atoms with Gasteiger partial charge >= 0.3 is 0 Å². The molecule has 6 nitrogen and oxygen atoms in total. The number of rotatable bonds is 1. The van der Waals surface area contributed by atoms with Gasteiger partial charge < -0.3 is 0 Å². The monoisotopic (exact) mass is 248 g/mol. The number of hydrazine groups is 1. The van der Waals surface area contributed by atoms with E-state index in [1.165, 1.54) is 27.7 Å². The van der Waals surface area contributed by atoms with Crippen LogP contribution in [-0.4, -0.2) is 33.6 Å². The molecule has 4 amide bonds. The Morgan fingerprint density at radius 2 is 0.667 bits per heavy atom. The minimum atomic E-state index is -0.623. The quantitative estimate of drug-likeness (QED) is 0.626. The van der Waals surface area contributed by atoms with E-state index in [2.05, 4.69) is 0 Å². The molecule has 2 rings (SSSR count). The Morgan fingerprint density at radius 1 is 0.500 bits per heavy atom. The highest BCUT2D eigenvalue weighted by atomic mass is 16.2. The molecule has 0 unspecified atom stereocenters. The molecule has 0 aromatic rings. The Hall–Kier alpha value is -2.24. The van der Waals surface area contributed by atoms with Crippen LogP contribution in [0, 0.1) is 0 Å². The van der Waals surface area contributed by atoms with Crippen molar-refractivity contribution in [2.75, 3.05) is 0 Å². The largest absolute Gasteiger partial charge is 0.276 e. The van der Waals surface area contributed by atoms with Crippen molar-refractivity contribution in [3.63, 3.8) is 0 Å².